The van der Waals surface area contributed by atoms with Gasteiger partial charge in [-0.05, 0) is 54.6 Å². The standard InChI is InChI=1S/C21H18N4O3/c22-19(26)14-9-11-15(12-10-14)20(27)23-17-7-4-8-18(13-17)25-21(28)24-16-5-2-1-3-6-16/h1-13H,(H2,22,26)(H,23,27)(H2,24,25,28). The van der Waals surface area contributed by atoms with Crippen molar-refractivity contribution in [1.82, 2.24) is 0 Å². The maximum atomic E-state index is 12.3. The van der Waals surface area contributed by atoms with Gasteiger partial charge in [0.2, 0.25) is 5.91 Å². The van der Waals surface area contributed by atoms with Crippen LogP contribution in [0.3, 0.4) is 0 Å². The van der Waals surface area contributed by atoms with Gasteiger partial charge in [-0.3, -0.25) is 9.59 Å². The maximum Gasteiger partial charge on any atom is 0.323 e. The maximum absolute atomic E-state index is 12.3. The van der Waals surface area contributed by atoms with Gasteiger partial charge in [0, 0.05) is 28.2 Å². The SMILES string of the molecule is NC(=O)c1ccc(C(=O)Nc2cccc(NC(=O)Nc3ccccc3)c2)cc1. The first-order valence-corrected chi connectivity index (χ1v) is 8.45. The molecule has 0 heterocycles. The summed E-state index contributed by atoms with van der Waals surface area (Å²) in [5.41, 5.74) is 7.60. The van der Waals surface area contributed by atoms with Gasteiger partial charge < -0.3 is 21.7 Å². The molecule has 0 aromatic heterocycles. The highest BCUT2D eigenvalue weighted by atomic mass is 16.2. The molecule has 7 nitrogen and oxygen atoms in total. The Kier molecular flexibility index (Phi) is 5.66. The van der Waals surface area contributed by atoms with Crippen LogP contribution in [0.2, 0.25) is 0 Å². The number of urea groups is 1. The minimum atomic E-state index is -0.556. The van der Waals surface area contributed by atoms with Crippen LogP contribution >= 0.6 is 0 Å². The molecule has 0 unspecified atom stereocenters. The van der Waals surface area contributed by atoms with E-state index in [4.69, 9.17) is 5.73 Å². The molecule has 3 aromatic carbocycles. The second-order valence-electron chi connectivity index (χ2n) is 5.92. The third-order valence-electron chi connectivity index (χ3n) is 3.84. The zero-order valence-electron chi connectivity index (χ0n) is 14.8. The first-order valence-electron chi connectivity index (χ1n) is 8.45. The van der Waals surface area contributed by atoms with Crippen LogP contribution in [0.25, 0.3) is 0 Å². The number of nitrogens with two attached hydrogens (primary N) is 1. The molecular formula is C21H18N4O3. The number of hydrogen-bond donors (Lipinski definition) is 4. The van der Waals surface area contributed by atoms with E-state index in [1.165, 1.54) is 24.3 Å². The first-order chi connectivity index (χ1) is 13.5. The molecule has 140 valence electrons. The average molecular weight is 374 g/mol. The molecule has 0 atom stereocenters. The fourth-order valence-corrected chi connectivity index (χ4v) is 2.48. The topological polar surface area (TPSA) is 113 Å². The highest BCUT2D eigenvalue weighted by molar-refractivity contribution is 6.05. The number of nitrogens with one attached hydrogen (secondary N) is 3. The summed E-state index contributed by atoms with van der Waals surface area (Å²) in [6.07, 6.45) is 0. The number of hydrogen-bond acceptors (Lipinski definition) is 3. The lowest BCUT2D eigenvalue weighted by molar-refractivity contribution is 0.0995. The fourth-order valence-electron chi connectivity index (χ4n) is 2.48. The Labute approximate surface area is 161 Å². The minimum Gasteiger partial charge on any atom is -0.366 e. The Morgan fingerprint density at radius 1 is 0.607 bits per heavy atom. The zero-order chi connectivity index (χ0) is 19.9. The summed E-state index contributed by atoms with van der Waals surface area (Å²) >= 11 is 0. The summed E-state index contributed by atoms with van der Waals surface area (Å²) in [4.78, 5) is 35.5. The van der Waals surface area contributed by atoms with Gasteiger partial charge in [-0.2, -0.15) is 0 Å². The molecule has 3 rings (SSSR count). The van der Waals surface area contributed by atoms with Crippen molar-refractivity contribution in [3.8, 4) is 0 Å². The molecule has 0 saturated carbocycles. The lowest BCUT2D eigenvalue weighted by Crippen LogP contribution is -2.19. The third kappa shape index (κ3) is 4.95. The number of para-hydroxylation sites is 1. The number of carbonyl (C=O) groups excluding carboxylic acids is 3. The van der Waals surface area contributed by atoms with Crippen molar-refractivity contribution in [3.05, 3.63) is 90.0 Å². The van der Waals surface area contributed by atoms with E-state index in [9.17, 15) is 14.4 Å². The lowest BCUT2D eigenvalue weighted by atomic mass is 10.1. The van der Waals surface area contributed by atoms with Crippen LogP contribution in [-0.2, 0) is 0 Å². The number of benzene rings is 3. The second-order valence-corrected chi connectivity index (χ2v) is 5.92. The van der Waals surface area contributed by atoms with Crippen LogP contribution in [0.4, 0.5) is 21.9 Å². The molecule has 0 aliphatic rings. The monoisotopic (exact) mass is 374 g/mol. The van der Waals surface area contributed by atoms with Crippen molar-refractivity contribution < 1.29 is 14.4 Å². The molecule has 3 aromatic rings. The summed E-state index contributed by atoms with van der Waals surface area (Å²) in [5, 5.41) is 8.17. The van der Waals surface area contributed by atoms with E-state index in [-0.39, 0.29) is 5.91 Å². The number of anilines is 3. The Bertz CT molecular complexity index is 1000. The molecule has 28 heavy (non-hydrogen) atoms. The predicted octanol–water partition coefficient (Wildman–Crippen LogP) is 3.68. The lowest BCUT2D eigenvalue weighted by Gasteiger charge is -2.10. The fraction of sp³-hybridized carbons (Fsp3) is 0. The summed E-state index contributed by atoms with van der Waals surface area (Å²) in [7, 11) is 0. The Morgan fingerprint density at radius 3 is 1.79 bits per heavy atom. The Hall–Kier alpha value is -4.13. The Morgan fingerprint density at radius 2 is 1.14 bits per heavy atom. The van der Waals surface area contributed by atoms with E-state index in [0.29, 0.717) is 28.2 Å². The zero-order valence-corrected chi connectivity index (χ0v) is 14.8. The van der Waals surface area contributed by atoms with Crippen LogP contribution < -0.4 is 21.7 Å². The highest BCUT2D eigenvalue weighted by Crippen LogP contribution is 2.17. The quantitative estimate of drug-likeness (QED) is 0.546. The van der Waals surface area contributed by atoms with Crippen LogP contribution in [0.1, 0.15) is 20.7 Å². The molecule has 0 bridgehead atoms. The molecule has 7 heteroatoms. The van der Waals surface area contributed by atoms with E-state index < -0.39 is 11.9 Å². The van der Waals surface area contributed by atoms with E-state index in [1.54, 1.807) is 36.4 Å². The van der Waals surface area contributed by atoms with Gasteiger partial charge in [0.1, 0.15) is 0 Å². The van der Waals surface area contributed by atoms with E-state index in [2.05, 4.69) is 16.0 Å². The van der Waals surface area contributed by atoms with E-state index in [0.717, 1.165) is 0 Å². The van der Waals surface area contributed by atoms with Crippen LogP contribution in [0, 0.1) is 0 Å². The van der Waals surface area contributed by atoms with Crippen molar-refractivity contribution in [3.63, 3.8) is 0 Å². The molecule has 4 amide bonds. The smallest absolute Gasteiger partial charge is 0.323 e. The van der Waals surface area contributed by atoms with Crippen molar-refractivity contribution >= 4 is 34.9 Å². The van der Waals surface area contributed by atoms with E-state index in [1.807, 2.05) is 18.2 Å². The van der Waals surface area contributed by atoms with Gasteiger partial charge in [0.05, 0.1) is 0 Å². The molecule has 0 aliphatic carbocycles. The van der Waals surface area contributed by atoms with Gasteiger partial charge in [0.15, 0.2) is 0 Å². The number of carbonyl (C=O) groups is 3. The normalized spacial score (nSPS) is 10.0. The Balaban J connectivity index is 1.63. The molecule has 0 aliphatic heterocycles. The van der Waals surface area contributed by atoms with Crippen molar-refractivity contribution in [2.24, 2.45) is 5.73 Å². The van der Waals surface area contributed by atoms with Gasteiger partial charge in [0.25, 0.3) is 5.91 Å². The van der Waals surface area contributed by atoms with Gasteiger partial charge in [-0.1, -0.05) is 24.3 Å². The number of primary amides is 1. The number of amides is 4. The number of rotatable bonds is 5. The molecule has 0 fully saturated rings. The van der Waals surface area contributed by atoms with Crippen molar-refractivity contribution in [1.29, 1.82) is 0 Å². The highest BCUT2D eigenvalue weighted by Gasteiger charge is 2.09. The minimum absolute atomic E-state index is 0.326. The van der Waals surface area contributed by atoms with Crippen LogP contribution in [0.15, 0.2) is 78.9 Å². The summed E-state index contributed by atoms with van der Waals surface area (Å²) in [5.74, 6) is -0.901. The largest absolute Gasteiger partial charge is 0.366 e. The molecule has 5 N–H and O–H groups in total. The van der Waals surface area contributed by atoms with Gasteiger partial charge >= 0.3 is 6.03 Å². The van der Waals surface area contributed by atoms with Gasteiger partial charge in [-0.15, -0.1) is 0 Å². The summed E-state index contributed by atoms with van der Waals surface area (Å²) in [6, 6.07) is 21.4. The van der Waals surface area contributed by atoms with Crippen molar-refractivity contribution in [2.45, 2.75) is 0 Å². The van der Waals surface area contributed by atoms with Crippen LogP contribution in [0.5, 0.6) is 0 Å². The molecule has 0 saturated heterocycles. The molecular weight excluding hydrogens is 356 g/mol. The predicted molar refractivity (Wildman–Crippen MR) is 108 cm³/mol. The molecule has 0 radical (unpaired) electrons. The van der Waals surface area contributed by atoms with Crippen molar-refractivity contribution in [2.75, 3.05) is 16.0 Å². The third-order valence-corrected chi connectivity index (χ3v) is 3.84. The first kappa shape index (κ1) is 18.7. The molecule has 0 spiro atoms. The van der Waals surface area contributed by atoms with E-state index >= 15 is 0 Å². The average Bonchev–Trinajstić information content (AvgIpc) is 2.69. The summed E-state index contributed by atoms with van der Waals surface area (Å²) < 4.78 is 0. The van der Waals surface area contributed by atoms with Crippen LogP contribution in [-0.4, -0.2) is 17.8 Å². The summed E-state index contributed by atoms with van der Waals surface area (Å²) in [6.45, 7) is 0. The van der Waals surface area contributed by atoms with Gasteiger partial charge in [-0.25, -0.2) is 4.79 Å². The second kappa shape index (κ2) is 8.50.